The van der Waals surface area contributed by atoms with Crippen LogP contribution in [0.25, 0.3) is 0 Å². The molecule has 0 bridgehead atoms. The molecular weight excluding hydrogens is 262 g/mol. The largest absolute Gasteiger partial charge is 0.369 e. The molecule has 1 fully saturated rings. The van der Waals surface area contributed by atoms with Gasteiger partial charge in [-0.2, -0.15) is 0 Å². The first-order valence-corrected chi connectivity index (χ1v) is 8.10. The fraction of sp³-hybridized carbons (Fsp3) is 0.611. The molecule has 1 aromatic rings. The van der Waals surface area contributed by atoms with Crippen molar-refractivity contribution in [2.45, 2.75) is 52.2 Å². The Bertz CT molecular complexity index is 446. The molecule has 0 saturated heterocycles. The zero-order valence-corrected chi connectivity index (χ0v) is 13.3. The smallest absolute Gasteiger partial charge is 0.249 e. The van der Waals surface area contributed by atoms with Gasteiger partial charge in [0.15, 0.2) is 0 Å². The average molecular weight is 289 g/mol. The van der Waals surface area contributed by atoms with Crippen LogP contribution in [0.2, 0.25) is 0 Å². The van der Waals surface area contributed by atoms with Crippen molar-refractivity contribution in [3.05, 3.63) is 35.9 Å². The predicted molar refractivity (Wildman–Crippen MR) is 84.9 cm³/mol. The number of hydrogen-bond donors (Lipinski definition) is 1. The number of hydrogen-bond acceptors (Lipinski definition) is 2. The molecule has 1 saturated carbocycles. The number of benzene rings is 1. The van der Waals surface area contributed by atoms with E-state index in [0.29, 0.717) is 18.4 Å². The normalized spacial score (nSPS) is 23.4. The number of carbonyl (C=O) groups is 1. The van der Waals surface area contributed by atoms with Gasteiger partial charge in [-0.3, -0.25) is 4.79 Å². The van der Waals surface area contributed by atoms with Crippen molar-refractivity contribution in [2.24, 2.45) is 11.8 Å². The summed E-state index contributed by atoms with van der Waals surface area (Å²) in [5, 5.41) is 3.19. The summed E-state index contributed by atoms with van der Waals surface area (Å²) in [6, 6.07) is 10.4. The Morgan fingerprint density at radius 3 is 2.62 bits per heavy atom. The quantitative estimate of drug-likeness (QED) is 0.741. The van der Waals surface area contributed by atoms with Crippen LogP contribution in [0.5, 0.6) is 0 Å². The fourth-order valence-corrected chi connectivity index (χ4v) is 2.66. The molecule has 1 aromatic carbocycles. The Labute approximate surface area is 128 Å². The van der Waals surface area contributed by atoms with Crippen LogP contribution < -0.4 is 5.32 Å². The van der Waals surface area contributed by atoms with Gasteiger partial charge in [-0.25, -0.2) is 0 Å². The second-order valence-electron chi connectivity index (χ2n) is 6.14. The number of nitrogens with one attached hydrogen (secondary N) is 1. The van der Waals surface area contributed by atoms with Crippen LogP contribution in [0.1, 0.15) is 51.6 Å². The Morgan fingerprint density at radius 1 is 1.38 bits per heavy atom. The highest BCUT2D eigenvalue weighted by atomic mass is 16.5. The molecule has 3 nitrogen and oxygen atoms in total. The highest BCUT2D eigenvalue weighted by Crippen LogP contribution is 2.46. The monoisotopic (exact) mass is 289 g/mol. The van der Waals surface area contributed by atoms with E-state index in [0.717, 1.165) is 12.8 Å². The van der Waals surface area contributed by atoms with Gasteiger partial charge in [-0.05, 0) is 37.2 Å². The average Bonchev–Trinajstić information content (AvgIpc) is 3.22. The van der Waals surface area contributed by atoms with E-state index in [9.17, 15) is 4.79 Å². The Kier molecular flexibility index (Phi) is 5.80. The zero-order valence-electron chi connectivity index (χ0n) is 13.3. The Morgan fingerprint density at radius 2 is 2.05 bits per heavy atom. The summed E-state index contributed by atoms with van der Waals surface area (Å²) >= 11 is 0. The molecule has 0 aliphatic heterocycles. The zero-order chi connectivity index (χ0) is 15.2. The van der Waals surface area contributed by atoms with E-state index in [1.54, 1.807) is 0 Å². The summed E-state index contributed by atoms with van der Waals surface area (Å²) in [7, 11) is 0. The van der Waals surface area contributed by atoms with Gasteiger partial charge in [0.1, 0.15) is 6.10 Å². The van der Waals surface area contributed by atoms with Crippen LogP contribution in [0.3, 0.4) is 0 Å². The number of carbonyl (C=O) groups excluding carboxylic acids is 1. The molecule has 4 unspecified atom stereocenters. The van der Waals surface area contributed by atoms with Crippen LogP contribution in [0.4, 0.5) is 0 Å². The molecule has 2 rings (SSSR count). The van der Waals surface area contributed by atoms with Gasteiger partial charge >= 0.3 is 0 Å². The van der Waals surface area contributed by atoms with E-state index < -0.39 is 0 Å². The predicted octanol–water partition coefficient (Wildman–Crippen LogP) is 3.71. The summed E-state index contributed by atoms with van der Waals surface area (Å²) in [5.74, 6) is 1.24. The molecule has 3 heteroatoms. The van der Waals surface area contributed by atoms with E-state index in [2.05, 4.69) is 31.3 Å². The molecule has 116 valence electrons. The van der Waals surface area contributed by atoms with Crippen molar-refractivity contribution < 1.29 is 9.53 Å². The molecule has 0 spiro atoms. The molecular formula is C18H27NO2. The first kappa shape index (κ1) is 16.0. The first-order valence-electron chi connectivity index (χ1n) is 8.10. The highest BCUT2D eigenvalue weighted by Gasteiger charge is 2.41. The van der Waals surface area contributed by atoms with Gasteiger partial charge in [0, 0.05) is 6.61 Å². The minimum Gasteiger partial charge on any atom is -0.369 e. The highest BCUT2D eigenvalue weighted by molar-refractivity contribution is 5.80. The van der Waals surface area contributed by atoms with E-state index in [-0.39, 0.29) is 18.1 Å². The van der Waals surface area contributed by atoms with Crippen molar-refractivity contribution >= 4 is 5.91 Å². The molecule has 1 aliphatic rings. The Hall–Kier alpha value is -1.35. The van der Waals surface area contributed by atoms with Gasteiger partial charge in [-0.1, -0.05) is 50.6 Å². The maximum absolute atomic E-state index is 12.3. The van der Waals surface area contributed by atoms with Crippen molar-refractivity contribution in [3.63, 3.8) is 0 Å². The molecule has 21 heavy (non-hydrogen) atoms. The summed E-state index contributed by atoms with van der Waals surface area (Å²) < 4.78 is 5.60. The van der Waals surface area contributed by atoms with Crippen molar-refractivity contribution in [1.82, 2.24) is 5.32 Å². The molecule has 1 amide bonds. The van der Waals surface area contributed by atoms with E-state index in [1.807, 2.05) is 25.1 Å². The third kappa shape index (κ3) is 4.57. The fourth-order valence-electron chi connectivity index (χ4n) is 2.66. The van der Waals surface area contributed by atoms with Gasteiger partial charge in [0.05, 0.1) is 6.04 Å². The van der Waals surface area contributed by atoms with Crippen LogP contribution in [0.15, 0.2) is 30.3 Å². The minimum absolute atomic E-state index is 0.000874. The minimum atomic E-state index is -0.378. The van der Waals surface area contributed by atoms with E-state index in [1.165, 1.54) is 12.0 Å². The number of rotatable bonds is 8. The lowest BCUT2D eigenvalue weighted by atomic mass is 10.0. The number of amides is 1. The summed E-state index contributed by atoms with van der Waals surface area (Å²) in [4.78, 5) is 12.3. The summed E-state index contributed by atoms with van der Waals surface area (Å²) in [5.41, 5.74) is 1.20. The molecule has 0 heterocycles. The topological polar surface area (TPSA) is 38.3 Å². The van der Waals surface area contributed by atoms with Crippen molar-refractivity contribution in [2.75, 3.05) is 6.61 Å². The van der Waals surface area contributed by atoms with E-state index in [4.69, 9.17) is 4.74 Å². The van der Waals surface area contributed by atoms with Crippen molar-refractivity contribution in [3.8, 4) is 0 Å². The van der Waals surface area contributed by atoms with Crippen LogP contribution in [-0.4, -0.2) is 18.6 Å². The van der Waals surface area contributed by atoms with Gasteiger partial charge in [0.2, 0.25) is 5.91 Å². The number of unbranched alkanes of at least 4 members (excludes halogenated alkanes) is 1. The molecule has 4 atom stereocenters. The number of ether oxygens (including phenoxy) is 1. The standard InChI is InChI=1S/C18H27NO2/c1-4-5-11-21-14(3)18(20)19-17(16-12-13(16)2)15-9-7-6-8-10-15/h6-10,13-14,16-17H,4-5,11-12H2,1-3H3,(H,19,20). The third-order valence-corrected chi connectivity index (χ3v) is 4.29. The van der Waals surface area contributed by atoms with Crippen LogP contribution >= 0.6 is 0 Å². The maximum atomic E-state index is 12.3. The maximum Gasteiger partial charge on any atom is 0.249 e. The molecule has 1 N–H and O–H groups in total. The molecule has 0 radical (unpaired) electrons. The molecule has 0 aromatic heterocycles. The lowest BCUT2D eigenvalue weighted by molar-refractivity contribution is -0.132. The SMILES string of the molecule is CCCCOC(C)C(=O)NC(c1ccccc1)C1CC1C. The van der Waals surface area contributed by atoms with Crippen molar-refractivity contribution in [1.29, 1.82) is 0 Å². The van der Waals surface area contributed by atoms with Gasteiger partial charge < -0.3 is 10.1 Å². The van der Waals surface area contributed by atoms with E-state index >= 15 is 0 Å². The lowest BCUT2D eigenvalue weighted by Gasteiger charge is -2.22. The third-order valence-electron chi connectivity index (χ3n) is 4.29. The first-order chi connectivity index (χ1) is 10.1. The van der Waals surface area contributed by atoms with Crippen LogP contribution in [0, 0.1) is 11.8 Å². The Balaban J connectivity index is 1.94. The summed E-state index contributed by atoms with van der Waals surface area (Å²) in [6.45, 7) is 6.85. The van der Waals surface area contributed by atoms with Crippen LogP contribution in [-0.2, 0) is 9.53 Å². The van der Waals surface area contributed by atoms with Gasteiger partial charge in [-0.15, -0.1) is 0 Å². The second kappa shape index (κ2) is 7.60. The molecule has 1 aliphatic carbocycles. The van der Waals surface area contributed by atoms with Gasteiger partial charge in [0.25, 0.3) is 0 Å². The summed E-state index contributed by atoms with van der Waals surface area (Å²) in [6.07, 6.45) is 2.89. The lowest BCUT2D eigenvalue weighted by Crippen LogP contribution is -2.38. The second-order valence-corrected chi connectivity index (χ2v) is 6.14.